The van der Waals surface area contributed by atoms with Crippen LogP contribution in [0.15, 0.2) is 84.6 Å². The van der Waals surface area contributed by atoms with E-state index in [0.29, 0.717) is 23.5 Å². The number of aryl methyl sites for hydroxylation is 2. The molecular weight excluding hydrogens is 372 g/mol. The van der Waals surface area contributed by atoms with Gasteiger partial charge in [0.05, 0.1) is 11.3 Å². The Bertz CT molecular complexity index is 1130. The van der Waals surface area contributed by atoms with E-state index in [-0.39, 0.29) is 11.8 Å². The maximum absolute atomic E-state index is 13.5. The van der Waals surface area contributed by atoms with E-state index in [1.807, 2.05) is 98.6 Å². The molecule has 0 fully saturated rings. The Kier molecular flexibility index (Phi) is 5.23. The van der Waals surface area contributed by atoms with Crippen LogP contribution < -0.4 is 4.90 Å². The molecule has 2 amide bonds. The normalized spacial score (nSPS) is 13.9. The minimum absolute atomic E-state index is 0.288. The number of benzene rings is 3. The number of hydrogen-bond acceptors (Lipinski definition) is 3. The molecule has 4 rings (SSSR count). The highest BCUT2D eigenvalue weighted by atomic mass is 16.2. The third-order valence-electron chi connectivity index (χ3n) is 5.30. The van der Waals surface area contributed by atoms with Gasteiger partial charge >= 0.3 is 0 Å². The number of amides is 2. The van der Waals surface area contributed by atoms with Crippen LogP contribution in [-0.2, 0) is 16.1 Å². The minimum Gasteiger partial charge on any atom is -0.365 e. The van der Waals surface area contributed by atoms with Gasteiger partial charge in [0.25, 0.3) is 11.8 Å². The van der Waals surface area contributed by atoms with Crippen molar-refractivity contribution in [3.05, 3.63) is 107 Å². The number of anilines is 1. The molecule has 30 heavy (non-hydrogen) atoms. The van der Waals surface area contributed by atoms with Crippen molar-refractivity contribution < 1.29 is 9.59 Å². The van der Waals surface area contributed by atoms with Crippen molar-refractivity contribution in [3.8, 4) is 0 Å². The van der Waals surface area contributed by atoms with Crippen LogP contribution in [0.1, 0.15) is 22.3 Å². The summed E-state index contributed by atoms with van der Waals surface area (Å²) in [6, 6.07) is 25.2. The highest BCUT2D eigenvalue weighted by Gasteiger charge is 2.41. The second-order valence-electron chi connectivity index (χ2n) is 7.72. The fraction of sp³-hybridized carbons (Fsp3) is 0.154. The molecule has 0 saturated carbocycles. The number of imide groups is 1. The lowest BCUT2D eigenvalue weighted by atomic mass is 10.0. The number of carbonyl (C=O) groups is 2. The first-order valence-corrected chi connectivity index (χ1v) is 9.97. The minimum atomic E-state index is -0.292. The van der Waals surface area contributed by atoms with Crippen LogP contribution in [0.4, 0.5) is 5.69 Å². The summed E-state index contributed by atoms with van der Waals surface area (Å²) in [6.45, 7) is 4.48. The van der Waals surface area contributed by atoms with Gasteiger partial charge < -0.3 is 4.90 Å². The first-order valence-electron chi connectivity index (χ1n) is 9.97. The van der Waals surface area contributed by atoms with Gasteiger partial charge in [0.1, 0.15) is 5.70 Å². The van der Waals surface area contributed by atoms with Gasteiger partial charge in [-0.15, -0.1) is 0 Å². The Balaban J connectivity index is 1.80. The second-order valence-corrected chi connectivity index (χ2v) is 7.72. The van der Waals surface area contributed by atoms with E-state index in [9.17, 15) is 9.59 Å². The second kappa shape index (κ2) is 7.99. The van der Waals surface area contributed by atoms with Crippen molar-refractivity contribution in [1.29, 1.82) is 0 Å². The molecule has 1 aliphatic heterocycles. The predicted octanol–water partition coefficient (Wildman–Crippen LogP) is 4.72. The van der Waals surface area contributed by atoms with Gasteiger partial charge in [0.15, 0.2) is 0 Å². The molecule has 3 aromatic carbocycles. The van der Waals surface area contributed by atoms with Crippen LogP contribution in [0.3, 0.4) is 0 Å². The summed E-state index contributed by atoms with van der Waals surface area (Å²) in [4.78, 5) is 30.2. The number of carbonyl (C=O) groups excluding carboxylic acids is 2. The summed E-state index contributed by atoms with van der Waals surface area (Å²) in [7, 11) is 1.86. The van der Waals surface area contributed by atoms with Crippen molar-refractivity contribution in [2.24, 2.45) is 0 Å². The van der Waals surface area contributed by atoms with Crippen molar-refractivity contribution >= 4 is 23.1 Å². The first-order chi connectivity index (χ1) is 14.5. The molecule has 0 N–H and O–H groups in total. The Labute approximate surface area is 177 Å². The molecule has 3 aromatic rings. The van der Waals surface area contributed by atoms with Crippen LogP contribution in [0, 0.1) is 13.8 Å². The SMILES string of the molecule is Cc1ccc(C2=C(N(C)Cc3ccccc3)C(=O)N(c3cccc(C)c3)C2=O)cc1. The average Bonchev–Trinajstić information content (AvgIpc) is 2.99. The van der Waals surface area contributed by atoms with Gasteiger partial charge in [0, 0.05) is 13.6 Å². The Hall–Kier alpha value is -3.66. The average molecular weight is 396 g/mol. The van der Waals surface area contributed by atoms with Crippen LogP contribution in [0.2, 0.25) is 0 Å². The molecule has 0 bridgehead atoms. The summed E-state index contributed by atoms with van der Waals surface area (Å²) < 4.78 is 0. The standard InChI is InChI=1S/C26H24N2O2/c1-18-12-14-21(15-13-18)23-24(27(3)17-20-9-5-4-6-10-20)26(30)28(25(23)29)22-11-7-8-19(2)16-22/h4-16H,17H2,1-3H3. The van der Waals surface area contributed by atoms with Gasteiger partial charge in [-0.2, -0.15) is 0 Å². The van der Waals surface area contributed by atoms with E-state index in [1.54, 1.807) is 6.07 Å². The Morgan fingerprint density at radius 2 is 1.47 bits per heavy atom. The smallest absolute Gasteiger partial charge is 0.282 e. The molecule has 0 aromatic heterocycles. The topological polar surface area (TPSA) is 40.6 Å². The maximum atomic E-state index is 13.5. The third-order valence-corrected chi connectivity index (χ3v) is 5.30. The van der Waals surface area contributed by atoms with E-state index in [0.717, 1.165) is 22.3 Å². The lowest BCUT2D eigenvalue weighted by molar-refractivity contribution is -0.120. The summed E-state index contributed by atoms with van der Waals surface area (Å²) in [5, 5.41) is 0. The van der Waals surface area contributed by atoms with Gasteiger partial charge in [-0.1, -0.05) is 72.3 Å². The van der Waals surface area contributed by atoms with Crippen molar-refractivity contribution in [3.63, 3.8) is 0 Å². The molecule has 0 unspecified atom stereocenters. The molecular formula is C26H24N2O2. The fourth-order valence-corrected chi connectivity index (χ4v) is 3.79. The van der Waals surface area contributed by atoms with Crippen molar-refractivity contribution in [2.75, 3.05) is 11.9 Å². The summed E-state index contributed by atoms with van der Waals surface area (Å²) in [5.41, 5.74) is 5.39. The van der Waals surface area contributed by atoms with Crippen LogP contribution in [0.5, 0.6) is 0 Å². The zero-order chi connectivity index (χ0) is 21.3. The molecule has 1 aliphatic rings. The maximum Gasteiger partial charge on any atom is 0.282 e. The highest BCUT2D eigenvalue weighted by Crippen LogP contribution is 2.35. The third kappa shape index (κ3) is 3.64. The highest BCUT2D eigenvalue weighted by molar-refractivity contribution is 6.45. The predicted molar refractivity (Wildman–Crippen MR) is 120 cm³/mol. The fourth-order valence-electron chi connectivity index (χ4n) is 3.79. The summed E-state index contributed by atoms with van der Waals surface area (Å²) in [5.74, 6) is -0.580. The molecule has 0 spiro atoms. The van der Waals surface area contributed by atoms with E-state index < -0.39 is 0 Å². The van der Waals surface area contributed by atoms with Gasteiger partial charge in [-0.05, 0) is 42.7 Å². The largest absolute Gasteiger partial charge is 0.365 e. The molecule has 4 heteroatoms. The Morgan fingerprint density at radius 1 is 0.767 bits per heavy atom. The number of hydrogen-bond donors (Lipinski definition) is 0. The van der Waals surface area contributed by atoms with E-state index in [1.165, 1.54) is 4.90 Å². The lowest BCUT2D eigenvalue weighted by Gasteiger charge is -2.21. The molecule has 150 valence electrons. The van der Waals surface area contributed by atoms with Crippen molar-refractivity contribution in [1.82, 2.24) is 4.90 Å². The summed E-state index contributed by atoms with van der Waals surface area (Å²) >= 11 is 0. The van der Waals surface area contributed by atoms with E-state index in [2.05, 4.69) is 0 Å². The lowest BCUT2D eigenvalue weighted by Crippen LogP contribution is -2.34. The van der Waals surface area contributed by atoms with Gasteiger partial charge in [-0.25, -0.2) is 4.90 Å². The van der Waals surface area contributed by atoms with Gasteiger partial charge in [0.2, 0.25) is 0 Å². The van der Waals surface area contributed by atoms with Crippen LogP contribution in [-0.4, -0.2) is 23.8 Å². The molecule has 1 heterocycles. The molecule has 4 nitrogen and oxygen atoms in total. The number of nitrogens with zero attached hydrogens (tertiary/aromatic N) is 2. The van der Waals surface area contributed by atoms with E-state index >= 15 is 0 Å². The van der Waals surface area contributed by atoms with Crippen molar-refractivity contribution in [2.45, 2.75) is 20.4 Å². The zero-order valence-corrected chi connectivity index (χ0v) is 17.4. The molecule has 0 atom stereocenters. The first kappa shape index (κ1) is 19.6. The number of rotatable bonds is 5. The van der Waals surface area contributed by atoms with Crippen LogP contribution in [0.25, 0.3) is 5.57 Å². The Morgan fingerprint density at radius 3 is 2.13 bits per heavy atom. The molecule has 0 aliphatic carbocycles. The number of likely N-dealkylation sites (N-methyl/N-ethyl adjacent to an activating group) is 1. The monoisotopic (exact) mass is 396 g/mol. The molecule has 0 radical (unpaired) electrons. The molecule has 0 saturated heterocycles. The van der Waals surface area contributed by atoms with E-state index in [4.69, 9.17) is 0 Å². The quantitative estimate of drug-likeness (QED) is 0.586. The van der Waals surface area contributed by atoms with Gasteiger partial charge in [-0.3, -0.25) is 9.59 Å². The zero-order valence-electron chi connectivity index (χ0n) is 17.4. The summed E-state index contributed by atoms with van der Waals surface area (Å²) in [6.07, 6.45) is 0. The van der Waals surface area contributed by atoms with Crippen LogP contribution >= 0.6 is 0 Å².